The molecule has 0 radical (unpaired) electrons. The number of nitrogens with zero attached hydrogens (tertiary/aromatic N) is 5. The Labute approximate surface area is 172 Å². The first-order chi connectivity index (χ1) is 14.4. The predicted molar refractivity (Wildman–Crippen MR) is 113 cm³/mol. The van der Waals surface area contributed by atoms with Crippen molar-refractivity contribution in [3.8, 4) is 6.07 Å². The summed E-state index contributed by atoms with van der Waals surface area (Å²) in [6.07, 6.45) is 4.36. The minimum absolute atomic E-state index is 0.287. The molecule has 0 amide bonds. The third kappa shape index (κ3) is 4.29. The molecule has 10 nitrogen and oxygen atoms in total. The number of imidazole rings is 1. The number of sulfonamides is 1. The van der Waals surface area contributed by atoms with Crippen LogP contribution in [0.15, 0.2) is 60.9 Å². The summed E-state index contributed by atoms with van der Waals surface area (Å²) in [6, 6.07) is 15.8. The Hall–Kier alpha value is -4.17. The average molecular weight is 420 g/mol. The van der Waals surface area contributed by atoms with Gasteiger partial charge in [0, 0.05) is 18.1 Å². The first-order valence-electron chi connectivity index (χ1n) is 8.73. The molecule has 2 aromatic carbocycles. The normalized spacial score (nSPS) is 11.1. The van der Waals surface area contributed by atoms with Crippen LogP contribution >= 0.6 is 0 Å². The zero-order chi connectivity index (χ0) is 21.1. The Morgan fingerprint density at radius 2 is 1.73 bits per heavy atom. The second kappa shape index (κ2) is 7.69. The Kier molecular flexibility index (Phi) is 4.91. The molecular formula is C19H16N8O2S. The van der Waals surface area contributed by atoms with Gasteiger partial charge in [-0.1, -0.05) is 12.1 Å². The molecule has 4 rings (SSSR count). The smallest absolute Gasteiger partial charge is 0.239 e. The molecule has 0 atom stereocenters. The molecule has 2 heterocycles. The van der Waals surface area contributed by atoms with E-state index in [1.165, 1.54) is 0 Å². The van der Waals surface area contributed by atoms with E-state index in [2.05, 4.69) is 36.4 Å². The SMILES string of the molecule is CS(=O)(=O)Nc1ccccc1Nc1nc(Nc2ccc(C#N)cc2)nc2nccn12. The molecule has 0 aliphatic heterocycles. The van der Waals surface area contributed by atoms with Gasteiger partial charge in [0.05, 0.1) is 29.3 Å². The topological polar surface area (TPSA) is 137 Å². The van der Waals surface area contributed by atoms with Gasteiger partial charge in [0.25, 0.3) is 0 Å². The van der Waals surface area contributed by atoms with E-state index in [4.69, 9.17) is 5.26 Å². The summed E-state index contributed by atoms with van der Waals surface area (Å²) < 4.78 is 27.5. The van der Waals surface area contributed by atoms with Gasteiger partial charge in [-0.05, 0) is 36.4 Å². The van der Waals surface area contributed by atoms with Crippen molar-refractivity contribution in [2.45, 2.75) is 0 Å². The number of anilines is 5. The van der Waals surface area contributed by atoms with Crippen LogP contribution in [-0.4, -0.2) is 34.0 Å². The summed E-state index contributed by atoms with van der Waals surface area (Å²) >= 11 is 0. The summed E-state index contributed by atoms with van der Waals surface area (Å²) in [6.45, 7) is 0. The number of para-hydroxylation sites is 2. The van der Waals surface area contributed by atoms with E-state index in [9.17, 15) is 8.42 Å². The summed E-state index contributed by atoms with van der Waals surface area (Å²) in [5, 5.41) is 15.1. The molecule has 0 unspecified atom stereocenters. The monoisotopic (exact) mass is 420 g/mol. The van der Waals surface area contributed by atoms with Gasteiger partial charge in [0.15, 0.2) is 0 Å². The number of hydrogen-bond donors (Lipinski definition) is 3. The second-order valence-corrected chi connectivity index (χ2v) is 8.08. The van der Waals surface area contributed by atoms with Gasteiger partial charge in [-0.2, -0.15) is 15.2 Å². The molecule has 4 aromatic rings. The lowest BCUT2D eigenvalue weighted by Crippen LogP contribution is -2.12. The fraction of sp³-hybridized carbons (Fsp3) is 0.0526. The van der Waals surface area contributed by atoms with Gasteiger partial charge in [0.2, 0.25) is 27.7 Å². The largest absolute Gasteiger partial charge is 0.324 e. The Bertz CT molecular complexity index is 1360. The number of benzene rings is 2. The molecule has 0 aliphatic rings. The molecule has 0 fully saturated rings. The number of fused-ring (bicyclic) bond motifs is 1. The summed E-state index contributed by atoms with van der Waals surface area (Å²) in [5.74, 6) is 1.07. The molecule has 150 valence electrons. The fourth-order valence-electron chi connectivity index (χ4n) is 2.72. The Morgan fingerprint density at radius 3 is 2.43 bits per heavy atom. The van der Waals surface area contributed by atoms with Crippen LogP contribution in [0.5, 0.6) is 0 Å². The van der Waals surface area contributed by atoms with Crippen molar-refractivity contribution in [2.75, 3.05) is 21.6 Å². The zero-order valence-corrected chi connectivity index (χ0v) is 16.6. The first-order valence-corrected chi connectivity index (χ1v) is 10.6. The van der Waals surface area contributed by atoms with Crippen molar-refractivity contribution >= 4 is 44.8 Å². The van der Waals surface area contributed by atoms with Gasteiger partial charge >= 0.3 is 0 Å². The molecular weight excluding hydrogens is 404 g/mol. The standard InChI is InChI=1S/C19H16N8O2S/c1-30(28,29)26-16-5-3-2-4-15(16)23-19-25-17(24-18-21-10-11-27(18)19)22-14-8-6-13(12-20)7-9-14/h2-11,26H,1H3,(H2,21,22,23,24,25). The molecule has 2 aromatic heterocycles. The number of hydrogen-bond acceptors (Lipinski definition) is 8. The molecule has 0 spiro atoms. The highest BCUT2D eigenvalue weighted by molar-refractivity contribution is 7.92. The maximum atomic E-state index is 11.7. The number of aromatic nitrogens is 4. The van der Waals surface area contributed by atoms with Gasteiger partial charge in [-0.15, -0.1) is 0 Å². The van der Waals surface area contributed by atoms with Crippen LogP contribution in [0.1, 0.15) is 5.56 Å². The molecule has 0 saturated carbocycles. The van der Waals surface area contributed by atoms with Crippen molar-refractivity contribution in [1.82, 2.24) is 19.4 Å². The van der Waals surface area contributed by atoms with Gasteiger partial charge in [0.1, 0.15) is 0 Å². The molecule has 11 heteroatoms. The lowest BCUT2D eigenvalue weighted by Gasteiger charge is -2.14. The highest BCUT2D eigenvalue weighted by Crippen LogP contribution is 2.26. The van der Waals surface area contributed by atoms with Crippen LogP contribution in [0.25, 0.3) is 5.78 Å². The quantitative estimate of drug-likeness (QED) is 0.433. The first kappa shape index (κ1) is 19.2. The van der Waals surface area contributed by atoms with Crippen molar-refractivity contribution in [1.29, 1.82) is 5.26 Å². The predicted octanol–water partition coefficient (Wildman–Crippen LogP) is 2.85. The lowest BCUT2D eigenvalue weighted by atomic mass is 10.2. The van der Waals surface area contributed by atoms with E-state index in [0.29, 0.717) is 34.4 Å². The maximum absolute atomic E-state index is 11.7. The van der Waals surface area contributed by atoms with Crippen LogP contribution in [0.2, 0.25) is 0 Å². The van der Waals surface area contributed by atoms with E-state index in [1.54, 1.807) is 65.3 Å². The van der Waals surface area contributed by atoms with Crippen LogP contribution in [-0.2, 0) is 10.0 Å². The van der Waals surface area contributed by atoms with Gasteiger partial charge in [-0.3, -0.25) is 9.12 Å². The van der Waals surface area contributed by atoms with Crippen LogP contribution in [0.3, 0.4) is 0 Å². The Morgan fingerprint density at radius 1 is 1.00 bits per heavy atom. The van der Waals surface area contributed by atoms with Crippen LogP contribution < -0.4 is 15.4 Å². The molecule has 3 N–H and O–H groups in total. The molecule has 0 aliphatic carbocycles. The number of nitrogens with one attached hydrogen (secondary N) is 3. The number of nitriles is 1. The maximum Gasteiger partial charge on any atom is 0.239 e. The average Bonchev–Trinajstić information content (AvgIpc) is 3.18. The summed E-state index contributed by atoms with van der Waals surface area (Å²) in [7, 11) is -3.46. The van der Waals surface area contributed by atoms with Crippen LogP contribution in [0.4, 0.5) is 29.0 Å². The van der Waals surface area contributed by atoms with E-state index < -0.39 is 10.0 Å². The van der Waals surface area contributed by atoms with Crippen molar-refractivity contribution in [2.24, 2.45) is 0 Å². The minimum atomic E-state index is -3.46. The zero-order valence-electron chi connectivity index (χ0n) is 15.7. The van der Waals surface area contributed by atoms with E-state index in [1.807, 2.05) is 0 Å². The second-order valence-electron chi connectivity index (χ2n) is 6.33. The van der Waals surface area contributed by atoms with Crippen molar-refractivity contribution in [3.63, 3.8) is 0 Å². The highest BCUT2D eigenvalue weighted by Gasteiger charge is 2.12. The van der Waals surface area contributed by atoms with E-state index in [-0.39, 0.29) is 5.95 Å². The van der Waals surface area contributed by atoms with Gasteiger partial charge < -0.3 is 10.6 Å². The third-order valence-electron chi connectivity index (χ3n) is 4.01. The number of rotatable bonds is 6. The molecule has 30 heavy (non-hydrogen) atoms. The van der Waals surface area contributed by atoms with E-state index >= 15 is 0 Å². The van der Waals surface area contributed by atoms with Gasteiger partial charge in [-0.25, -0.2) is 13.4 Å². The van der Waals surface area contributed by atoms with E-state index in [0.717, 1.165) is 6.26 Å². The Balaban J connectivity index is 1.69. The highest BCUT2D eigenvalue weighted by atomic mass is 32.2. The van der Waals surface area contributed by atoms with Crippen molar-refractivity contribution < 1.29 is 8.42 Å². The van der Waals surface area contributed by atoms with Crippen LogP contribution in [0, 0.1) is 11.3 Å². The summed E-state index contributed by atoms with van der Waals surface area (Å²) in [4.78, 5) is 13.1. The van der Waals surface area contributed by atoms with Crippen molar-refractivity contribution in [3.05, 3.63) is 66.5 Å². The molecule has 0 saturated heterocycles. The summed E-state index contributed by atoms with van der Waals surface area (Å²) in [5.41, 5.74) is 2.15. The molecule has 0 bridgehead atoms. The minimum Gasteiger partial charge on any atom is -0.324 e. The lowest BCUT2D eigenvalue weighted by molar-refractivity contribution is 0.607. The third-order valence-corrected chi connectivity index (χ3v) is 4.60. The fourth-order valence-corrected chi connectivity index (χ4v) is 3.30.